The first-order valence-electron chi connectivity index (χ1n) is 4.98. The number of rotatable bonds is 5. The summed E-state index contributed by atoms with van der Waals surface area (Å²) in [6, 6.07) is 0. The molecule has 0 rings (SSSR count). The summed E-state index contributed by atoms with van der Waals surface area (Å²) >= 11 is 0. The molecular formula is C11H22O. The van der Waals surface area contributed by atoms with Gasteiger partial charge in [0.15, 0.2) is 0 Å². The fraction of sp³-hybridized carbons (Fsp3) is 0.909. The number of carbonyl (C=O) groups is 1. The summed E-state index contributed by atoms with van der Waals surface area (Å²) in [5.41, 5.74) is 0. The van der Waals surface area contributed by atoms with Crippen molar-refractivity contribution in [2.45, 2.75) is 47.5 Å². The van der Waals surface area contributed by atoms with E-state index < -0.39 is 0 Å². The second-order valence-electron chi connectivity index (χ2n) is 4.43. The van der Waals surface area contributed by atoms with Crippen molar-refractivity contribution in [3.05, 3.63) is 0 Å². The van der Waals surface area contributed by atoms with Crippen molar-refractivity contribution in [3.8, 4) is 0 Å². The fourth-order valence-corrected chi connectivity index (χ4v) is 1.29. The normalized spacial score (nSPS) is 13.9. The molecule has 0 fully saturated rings. The molecule has 1 heteroatoms. The van der Waals surface area contributed by atoms with E-state index in [1.165, 1.54) is 6.42 Å². The van der Waals surface area contributed by atoms with Crippen molar-refractivity contribution in [1.29, 1.82) is 0 Å². The highest BCUT2D eigenvalue weighted by atomic mass is 16.1. The number of Topliss-reactive ketones (excluding diaryl/α,β-unsaturated/α-hetero) is 1. The Labute approximate surface area is 76.6 Å². The van der Waals surface area contributed by atoms with Crippen LogP contribution in [-0.4, -0.2) is 5.78 Å². The Bertz CT molecular complexity index is 136. The van der Waals surface area contributed by atoms with Crippen molar-refractivity contribution in [1.82, 2.24) is 0 Å². The van der Waals surface area contributed by atoms with E-state index in [4.69, 9.17) is 0 Å². The second-order valence-corrected chi connectivity index (χ2v) is 4.43. The summed E-state index contributed by atoms with van der Waals surface area (Å²) < 4.78 is 0. The first-order valence-corrected chi connectivity index (χ1v) is 4.98. The monoisotopic (exact) mass is 170 g/mol. The van der Waals surface area contributed by atoms with Crippen LogP contribution in [0, 0.1) is 17.8 Å². The Morgan fingerprint density at radius 3 is 1.83 bits per heavy atom. The molecule has 0 saturated carbocycles. The van der Waals surface area contributed by atoms with Crippen molar-refractivity contribution < 1.29 is 4.79 Å². The summed E-state index contributed by atoms with van der Waals surface area (Å²) in [6.07, 6.45) is 2.22. The van der Waals surface area contributed by atoms with Gasteiger partial charge in [0.1, 0.15) is 5.78 Å². The lowest BCUT2D eigenvalue weighted by Crippen LogP contribution is -2.17. The van der Waals surface area contributed by atoms with Gasteiger partial charge in [-0.15, -0.1) is 0 Å². The number of hydrogen-bond donors (Lipinski definition) is 0. The molecule has 0 N–H and O–H groups in total. The predicted octanol–water partition coefficient (Wildman–Crippen LogP) is 3.28. The van der Waals surface area contributed by atoms with Crippen molar-refractivity contribution in [2.75, 3.05) is 0 Å². The van der Waals surface area contributed by atoms with E-state index in [-0.39, 0.29) is 11.8 Å². The van der Waals surface area contributed by atoms with Gasteiger partial charge in [0.25, 0.3) is 0 Å². The summed E-state index contributed by atoms with van der Waals surface area (Å²) in [7, 11) is 0. The molecule has 0 aliphatic rings. The van der Waals surface area contributed by atoms with Gasteiger partial charge in [-0.05, 0) is 12.3 Å². The van der Waals surface area contributed by atoms with E-state index in [2.05, 4.69) is 13.8 Å². The zero-order valence-electron chi connectivity index (χ0n) is 9.05. The van der Waals surface area contributed by atoms with E-state index in [9.17, 15) is 4.79 Å². The van der Waals surface area contributed by atoms with Crippen molar-refractivity contribution in [3.63, 3.8) is 0 Å². The highest BCUT2D eigenvalue weighted by Crippen LogP contribution is 2.15. The van der Waals surface area contributed by atoms with Crippen LogP contribution in [-0.2, 0) is 4.79 Å². The van der Waals surface area contributed by atoms with Crippen LogP contribution >= 0.6 is 0 Å². The van der Waals surface area contributed by atoms with E-state index in [1.807, 2.05) is 20.8 Å². The molecule has 1 atom stereocenters. The quantitative estimate of drug-likeness (QED) is 0.619. The number of hydrogen-bond acceptors (Lipinski definition) is 1. The van der Waals surface area contributed by atoms with Gasteiger partial charge in [0.05, 0.1) is 0 Å². The molecule has 0 heterocycles. The predicted molar refractivity (Wildman–Crippen MR) is 53.1 cm³/mol. The Morgan fingerprint density at radius 1 is 1.00 bits per heavy atom. The SMILES string of the molecule is CC(C)CCC(C)C(=O)C(C)C. The van der Waals surface area contributed by atoms with Gasteiger partial charge in [-0.2, -0.15) is 0 Å². The first kappa shape index (κ1) is 11.7. The third-order valence-corrected chi connectivity index (χ3v) is 2.23. The van der Waals surface area contributed by atoms with Gasteiger partial charge >= 0.3 is 0 Å². The van der Waals surface area contributed by atoms with Crippen LogP contribution in [0.25, 0.3) is 0 Å². The minimum absolute atomic E-state index is 0.201. The van der Waals surface area contributed by atoms with Gasteiger partial charge in [0, 0.05) is 11.8 Å². The molecule has 0 aromatic rings. The van der Waals surface area contributed by atoms with Gasteiger partial charge in [-0.1, -0.05) is 41.0 Å². The topological polar surface area (TPSA) is 17.1 Å². The molecule has 0 bridgehead atoms. The molecule has 0 aromatic heterocycles. The largest absolute Gasteiger partial charge is 0.299 e. The minimum atomic E-state index is 0.201. The summed E-state index contributed by atoms with van der Waals surface area (Å²) in [5, 5.41) is 0. The summed E-state index contributed by atoms with van der Waals surface area (Å²) in [4.78, 5) is 11.5. The Kier molecular flexibility index (Phi) is 5.19. The maximum absolute atomic E-state index is 11.5. The van der Waals surface area contributed by atoms with Crippen molar-refractivity contribution in [2.24, 2.45) is 17.8 Å². The molecule has 0 amide bonds. The average Bonchev–Trinajstić information content (AvgIpc) is 1.98. The Morgan fingerprint density at radius 2 is 1.50 bits per heavy atom. The lowest BCUT2D eigenvalue weighted by molar-refractivity contribution is -0.125. The average molecular weight is 170 g/mol. The molecule has 72 valence electrons. The smallest absolute Gasteiger partial charge is 0.138 e. The van der Waals surface area contributed by atoms with Gasteiger partial charge < -0.3 is 0 Å². The lowest BCUT2D eigenvalue weighted by Gasteiger charge is -2.13. The molecule has 0 radical (unpaired) electrons. The van der Waals surface area contributed by atoms with E-state index in [0.717, 1.165) is 6.42 Å². The van der Waals surface area contributed by atoms with Crippen molar-refractivity contribution >= 4 is 5.78 Å². The fourth-order valence-electron chi connectivity index (χ4n) is 1.29. The molecule has 0 spiro atoms. The molecule has 0 aliphatic heterocycles. The zero-order chi connectivity index (χ0) is 9.72. The van der Waals surface area contributed by atoms with Gasteiger partial charge in [-0.25, -0.2) is 0 Å². The molecule has 0 aliphatic carbocycles. The van der Waals surface area contributed by atoms with E-state index in [1.54, 1.807) is 0 Å². The third-order valence-electron chi connectivity index (χ3n) is 2.23. The van der Waals surface area contributed by atoms with Crippen LogP contribution in [0.3, 0.4) is 0 Å². The first-order chi connectivity index (χ1) is 5.45. The standard InChI is InChI=1S/C11H22O/c1-8(2)6-7-10(5)11(12)9(3)4/h8-10H,6-7H2,1-5H3. The van der Waals surface area contributed by atoms with Crippen LogP contribution in [0.2, 0.25) is 0 Å². The van der Waals surface area contributed by atoms with Crippen LogP contribution in [0.1, 0.15) is 47.5 Å². The highest BCUT2D eigenvalue weighted by Gasteiger charge is 2.15. The molecule has 12 heavy (non-hydrogen) atoms. The van der Waals surface area contributed by atoms with Gasteiger partial charge in [-0.3, -0.25) is 4.79 Å². The van der Waals surface area contributed by atoms with Crippen LogP contribution in [0.4, 0.5) is 0 Å². The number of carbonyl (C=O) groups excluding carboxylic acids is 1. The maximum Gasteiger partial charge on any atom is 0.138 e. The summed E-state index contributed by atoms with van der Waals surface area (Å²) in [6.45, 7) is 10.4. The Hall–Kier alpha value is -0.330. The molecular weight excluding hydrogens is 148 g/mol. The molecule has 0 aromatic carbocycles. The van der Waals surface area contributed by atoms with Crippen LogP contribution in [0.15, 0.2) is 0 Å². The minimum Gasteiger partial charge on any atom is -0.299 e. The maximum atomic E-state index is 11.5. The van der Waals surface area contributed by atoms with E-state index in [0.29, 0.717) is 11.7 Å². The zero-order valence-corrected chi connectivity index (χ0v) is 9.05. The van der Waals surface area contributed by atoms with Crippen LogP contribution < -0.4 is 0 Å². The highest BCUT2D eigenvalue weighted by molar-refractivity contribution is 5.82. The lowest BCUT2D eigenvalue weighted by atomic mass is 9.91. The summed E-state index contributed by atoms with van der Waals surface area (Å²) in [5.74, 6) is 1.59. The molecule has 0 saturated heterocycles. The number of ketones is 1. The Balaban J connectivity index is 3.72. The third kappa shape index (κ3) is 4.53. The second kappa shape index (κ2) is 5.34. The van der Waals surface area contributed by atoms with E-state index >= 15 is 0 Å². The molecule has 1 nitrogen and oxygen atoms in total. The molecule has 1 unspecified atom stereocenters. The van der Waals surface area contributed by atoms with Gasteiger partial charge in [0.2, 0.25) is 0 Å². The van der Waals surface area contributed by atoms with Crippen LogP contribution in [0.5, 0.6) is 0 Å².